The van der Waals surface area contributed by atoms with Gasteiger partial charge in [-0.1, -0.05) is 55.7 Å². The Balaban J connectivity index is 1.45. The average molecular weight is 401 g/mol. The van der Waals surface area contributed by atoms with Crippen molar-refractivity contribution in [3.05, 3.63) is 60.6 Å². The van der Waals surface area contributed by atoms with Gasteiger partial charge >= 0.3 is 0 Å². The van der Waals surface area contributed by atoms with Crippen LogP contribution in [0.25, 0.3) is 22.0 Å². The second kappa shape index (κ2) is 8.44. The Bertz CT molecular complexity index is 1000. The molecule has 1 aromatic heterocycles. The fourth-order valence-electron chi connectivity index (χ4n) is 5.39. The Morgan fingerprint density at radius 2 is 1.87 bits per heavy atom. The summed E-state index contributed by atoms with van der Waals surface area (Å²) in [6.45, 7) is 3.04. The van der Waals surface area contributed by atoms with Crippen LogP contribution in [-0.4, -0.2) is 47.6 Å². The summed E-state index contributed by atoms with van der Waals surface area (Å²) in [6, 6.07) is 17.9. The Morgan fingerprint density at radius 3 is 2.67 bits per heavy atom. The van der Waals surface area contributed by atoms with Gasteiger partial charge in [0.2, 0.25) is 0 Å². The monoisotopic (exact) mass is 400 g/mol. The molecule has 1 saturated heterocycles. The number of aromatic nitrogens is 2. The third-order valence-electron chi connectivity index (χ3n) is 7.17. The molecule has 5 rings (SSSR count). The third-order valence-corrected chi connectivity index (χ3v) is 7.17. The van der Waals surface area contributed by atoms with Gasteiger partial charge in [-0.2, -0.15) is 0 Å². The van der Waals surface area contributed by atoms with E-state index in [1.807, 2.05) is 6.20 Å². The number of likely N-dealkylation sites (N-methyl/N-ethyl adjacent to an activating group) is 1. The smallest absolute Gasteiger partial charge is 0.137 e. The largest absolute Gasteiger partial charge is 0.316 e. The van der Waals surface area contributed by atoms with E-state index in [0.29, 0.717) is 6.04 Å². The number of nitrogens with zero attached hydrogens (tertiary/aromatic N) is 3. The lowest BCUT2D eigenvalue weighted by Crippen LogP contribution is -2.46. The molecule has 2 heterocycles. The van der Waals surface area contributed by atoms with Crippen molar-refractivity contribution in [2.24, 2.45) is 0 Å². The van der Waals surface area contributed by atoms with Crippen LogP contribution in [0.4, 0.5) is 0 Å². The molecule has 1 atom stereocenters. The minimum Gasteiger partial charge on any atom is -0.316 e. The zero-order chi connectivity index (χ0) is 20.4. The quantitative estimate of drug-likeness (QED) is 0.668. The summed E-state index contributed by atoms with van der Waals surface area (Å²) in [5.74, 6) is 1.00. The van der Waals surface area contributed by atoms with Crippen molar-refractivity contribution in [3.63, 3.8) is 0 Å². The molecule has 1 aliphatic carbocycles. The minimum absolute atomic E-state index is 0.000937. The Labute approximate surface area is 179 Å². The molecule has 156 valence electrons. The highest BCUT2D eigenvalue weighted by atomic mass is 15.2. The van der Waals surface area contributed by atoms with Crippen LogP contribution >= 0.6 is 0 Å². The fourth-order valence-corrected chi connectivity index (χ4v) is 5.39. The highest BCUT2D eigenvalue weighted by Gasteiger charge is 2.40. The maximum absolute atomic E-state index is 5.12. The molecule has 1 saturated carbocycles. The van der Waals surface area contributed by atoms with Crippen LogP contribution in [0.2, 0.25) is 0 Å². The molecule has 0 unspecified atom stereocenters. The molecule has 4 heteroatoms. The van der Waals surface area contributed by atoms with E-state index >= 15 is 0 Å². The normalized spacial score (nSPS) is 22.7. The molecule has 1 aliphatic heterocycles. The number of hydrogen-bond donors (Lipinski definition) is 1. The fraction of sp³-hybridized carbons (Fsp3) is 0.462. The Kier molecular flexibility index (Phi) is 5.53. The lowest BCUT2D eigenvalue weighted by molar-refractivity contribution is 0.153. The molecule has 2 aromatic carbocycles. The molecule has 1 N–H and O–H groups in total. The molecule has 0 spiro atoms. The first-order valence-electron chi connectivity index (χ1n) is 11.5. The highest BCUT2D eigenvalue weighted by molar-refractivity contribution is 5.86. The Morgan fingerprint density at radius 1 is 1.03 bits per heavy atom. The van der Waals surface area contributed by atoms with Crippen molar-refractivity contribution in [2.45, 2.75) is 50.0 Å². The minimum atomic E-state index is -0.000937. The van der Waals surface area contributed by atoms with Gasteiger partial charge in [0.25, 0.3) is 0 Å². The van der Waals surface area contributed by atoms with Gasteiger partial charge in [-0.25, -0.2) is 9.97 Å². The maximum atomic E-state index is 5.12. The van der Waals surface area contributed by atoms with Crippen LogP contribution in [0.15, 0.2) is 54.7 Å². The van der Waals surface area contributed by atoms with Crippen LogP contribution in [0.1, 0.15) is 44.3 Å². The predicted octanol–water partition coefficient (Wildman–Crippen LogP) is 4.79. The van der Waals surface area contributed by atoms with Gasteiger partial charge in [0, 0.05) is 30.9 Å². The van der Waals surface area contributed by atoms with E-state index in [0.717, 1.165) is 37.6 Å². The van der Waals surface area contributed by atoms with Gasteiger partial charge < -0.3 is 10.2 Å². The summed E-state index contributed by atoms with van der Waals surface area (Å²) in [5.41, 5.74) is 2.19. The van der Waals surface area contributed by atoms with Crippen LogP contribution < -0.4 is 5.32 Å². The summed E-state index contributed by atoms with van der Waals surface area (Å²) in [4.78, 5) is 12.5. The zero-order valence-electron chi connectivity index (χ0n) is 18.0. The number of rotatable bonds is 5. The third kappa shape index (κ3) is 3.86. The highest BCUT2D eigenvalue weighted by Crippen LogP contribution is 2.33. The standard InChI is InChI=1S/C26H32N4/c1-30(23-9-3-2-4-10-23)19-26(14-16-27-18-26)25-28-15-13-24(29-25)22-12-11-20-7-5-6-8-21(20)17-22/h5-8,11-13,15,17,23,27H,2-4,9-10,14,16,18-19H2,1H3/t26-/m0/s1. The number of hydrogen-bond acceptors (Lipinski definition) is 4. The van der Waals surface area contributed by atoms with Crippen molar-refractivity contribution < 1.29 is 0 Å². The van der Waals surface area contributed by atoms with Crippen LogP contribution in [0.5, 0.6) is 0 Å². The molecular weight excluding hydrogens is 368 g/mol. The summed E-state index contributed by atoms with van der Waals surface area (Å²) < 4.78 is 0. The topological polar surface area (TPSA) is 41.1 Å². The van der Waals surface area contributed by atoms with Gasteiger partial charge in [-0.15, -0.1) is 0 Å². The molecule has 30 heavy (non-hydrogen) atoms. The van der Waals surface area contributed by atoms with Crippen molar-refractivity contribution in [3.8, 4) is 11.3 Å². The lowest BCUT2D eigenvalue weighted by atomic mass is 9.83. The predicted molar refractivity (Wildman–Crippen MR) is 124 cm³/mol. The Hall–Kier alpha value is -2.30. The number of nitrogens with one attached hydrogen (secondary N) is 1. The first-order valence-corrected chi connectivity index (χ1v) is 11.5. The van der Waals surface area contributed by atoms with Crippen molar-refractivity contribution in [2.75, 3.05) is 26.7 Å². The van der Waals surface area contributed by atoms with Gasteiger partial charge in [-0.05, 0) is 55.8 Å². The molecule has 2 fully saturated rings. The van der Waals surface area contributed by atoms with Crippen LogP contribution in [0, 0.1) is 0 Å². The lowest BCUT2D eigenvalue weighted by Gasteiger charge is -2.37. The number of benzene rings is 2. The van der Waals surface area contributed by atoms with E-state index in [2.05, 4.69) is 65.8 Å². The van der Waals surface area contributed by atoms with Gasteiger partial charge in [0.15, 0.2) is 0 Å². The molecule has 3 aromatic rings. The molecule has 2 aliphatic rings. The average Bonchev–Trinajstić information content (AvgIpc) is 3.29. The molecular formula is C26H32N4. The number of fused-ring (bicyclic) bond motifs is 1. The molecule has 0 radical (unpaired) electrons. The van der Waals surface area contributed by atoms with E-state index in [-0.39, 0.29) is 5.41 Å². The van der Waals surface area contributed by atoms with Gasteiger partial charge in [-0.3, -0.25) is 0 Å². The second-order valence-electron chi connectivity index (χ2n) is 9.24. The molecule has 0 amide bonds. The van der Waals surface area contributed by atoms with E-state index in [1.54, 1.807) is 0 Å². The SMILES string of the molecule is CN(C[C@]1(c2nccc(-c3ccc4ccccc4c3)n2)CCNC1)C1CCCCC1. The van der Waals surface area contributed by atoms with Gasteiger partial charge in [0.05, 0.1) is 11.1 Å². The summed E-state index contributed by atoms with van der Waals surface area (Å²) in [7, 11) is 2.31. The summed E-state index contributed by atoms with van der Waals surface area (Å²) in [6.07, 6.45) is 9.85. The second-order valence-corrected chi connectivity index (χ2v) is 9.24. The maximum Gasteiger partial charge on any atom is 0.137 e. The van der Waals surface area contributed by atoms with Crippen molar-refractivity contribution in [1.29, 1.82) is 0 Å². The first-order chi connectivity index (χ1) is 14.7. The summed E-state index contributed by atoms with van der Waals surface area (Å²) in [5, 5.41) is 6.12. The van der Waals surface area contributed by atoms with E-state index < -0.39 is 0 Å². The molecule has 0 bridgehead atoms. The zero-order valence-corrected chi connectivity index (χ0v) is 18.0. The van der Waals surface area contributed by atoms with Crippen LogP contribution in [-0.2, 0) is 5.41 Å². The van der Waals surface area contributed by atoms with E-state index in [4.69, 9.17) is 9.97 Å². The van der Waals surface area contributed by atoms with E-state index in [9.17, 15) is 0 Å². The first kappa shape index (κ1) is 19.7. The van der Waals surface area contributed by atoms with Gasteiger partial charge in [0.1, 0.15) is 5.82 Å². The van der Waals surface area contributed by atoms with E-state index in [1.165, 1.54) is 48.4 Å². The molecule has 4 nitrogen and oxygen atoms in total. The van der Waals surface area contributed by atoms with Crippen LogP contribution in [0.3, 0.4) is 0 Å². The van der Waals surface area contributed by atoms with Crippen molar-refractivity contribution >= 4 is 10.8 Å². The van der Waals surface area contributed by atoms with Crippen molar-refractivity contribution in [1.82, 2.24) is 20.2 Å². The summed E-state index contributed by atoms with van der Waals surface area (Å²) >= 11 is 0.